The summed E-state index contributed by atoms with van der Waals surface area (Å²) in [6.45, 7) is 2.07. The molecule has 2 heterocycles. The normalized spacial score (nSPS) is 39.7. The van der Waals surface area contributed by atoms with E-state index in [1.54, 1.807) is 0 Å². The summed E-state index contributed by atoms with van der Waals surface area (Å²) < 4.78 is 0. The SMILES string of the molecule is O=C(C1CSCN1)N1CC2CCCC2C1. The van der Waals surface area contributed by atoms with Gasteiger partial charge in [-0.1, -0.05) is 6.42 Å². The first-order valence-electron chi connectivity index (χ1n) is 5.94. The van der Waals surface area contributed by atoms with E-state index in [0.717, 1.165) is 36.6 Å². The highest BCUT2D eigenvalue weighted by Gasteiger charge is 2.40. The van der Waals surface area contributed by atoms with Gasteiger partial charge in [0.25, 0.3) is 0 Å². The second-order valence-electron chi connectivity index (χ2n) is 4.97. The fourth-order valence-electron chi connectivity index (χ4n) is 3.19. The zero-order chi connectivity index (χ0) is 10.3. The minimum atomic E-state index is 0.105. The summed E-state index contributed by atoms with van der Waals surface area (Å²) in [6, 6.07) is 0.105. The zero-order valence-electron chi connectivity index (χ0n) is 8.95. The second kappa shape index (κ2) is 3.98. The molecule has 2 aliphatic heterocycles. The summed E-state index contributed by atoms with van der Waals surface area (Å²) in [5, 5.41) is 3.27. The molecule has 3 fully saturated rings. The summed E-state index contributed by atoms with van der Waals surface area (Å²) in [6.07, 6.45) is 4.08. The molecule has 3 unspecified atom stereocenters. The van der Waals surface area contributed by atoms with Crippen molar-refractivity contribution < 1.29 is 4.79 Å². The van der Waals surface area contributed by atoms with E-state index in [9.17, 15) is 4.79 Å². The average molecular weight is 226 g/mol. The van der Waals surface area contributed by atoms with E-state index in [1.807, 2.05) is 11.8 Å². The highest BCUT2D eigenvalue weighted by Crippen LogP contribution is 2.38. The van der Waals surface area contributed by atoms with Crippen LogP contribution in [-0.4, -0.2) is 41.6 Å². The Hall–Kier alpha value is -0.220. The molecule has 2 saturated heterocycles. The van der Waals surface area contributed by atoms with Crippen LogP contribution >= 0.6 is 11.8 Å². The van der Waals surface area contributed by atoms with Crippen LogP contribution in [-0.2, 0) is 4.79 Å². The molecule has 1 saturated carbocycles. The molecule has 3 nitrogen and oxygen atoms in total. The lowest BCUT2D eigenvalue weighted by atomic mass is 10.0. The Morgan fingerprint density at radius 2 is 2.00 bits per heavy atom. The molecule has 3 aliphatic rings. The van der Waals surface area contributed by atoms with E-state index >= 15 is 0 Å². The van der Waals surface area contributed by atoms with E-state index in [2.05, 4.69) is 10.2 Å². The van der Waals surface area contributed by atoms with Gasteiger partial charge in [-0.25, -0.2) is 0 Å². The van der Waals surface area contributed by atoms with Crippen LogP contribution in [0.4, 0.5) is 0 Å². The fourth-order valence-corrected chi connectivity index (χ4v) is 4.12. The van der Waals surface area contributed by atoms with Crippen LogP contribution in [0.15, 0.2) is 0 Å². The van der Waals surface area contributed by atoms with Crippen molar-refractivity contribution in [3.63, 3.8) is 0 Å². The molecular formula is C11H18N2OS. The van der Waals surface area contributed by atoms with Crippen LogP contribution < -0.4 is 5.32 Å². The summed E-state index contributed by atoms with van der Waals surface area (Å²) in [4.78, 5) is 14.2. The third kappa shape index (κ3) is 1.78. The van der Waals surface area contributed by atoms with Gasteiger partial charge < -0.3 is 4.90 Å². The molecule has 3 atom stereocenters. The van der Waals surface area contributed by atoms with E-state index < -0.39 is 0 Å². The lowest BCUT2D eigenvalue weighted by Gasteiger charge is -2.20. The van der Waals surface area contributed by atoms with Gasteiger partial charge in [0.05, 0.1) is 6.04 Å². The molecule has 4 heteroatoms. The zero-order valence-corrected chi connectivity index (χ0v) is 9.76. The molecule has 0 radical (unpaired) electrons. The maximum atomic E-state index is 12.1. The smallest absolute Gasteiger partial charge is 0.240 e. The van der Waals surface area contributed by atoms with Crippen LogP contribution in [0.3, 0.4) is 0 Å². The number of hydrogen-bond donors (Lipinski definition) is 1. The summed E-state index contributed by atoms with van der Waals surface area (Å²) in [5.41, 5.74) is 0. The number of amides is 1. The van der Waals surface area contributed by atoms with Gasteiger partial charge in [-0.3, -0.25) is 10.1 Å². The third-order valence-electron chi connectivity index (χ3n) is 4.05. The minimum absolute atomic E-state index is 0.105. The van der Waals surface area contributed by atoms with E-state index in [1.165, 1.54) is 19.3 Å². The molecule has 0 aromatic carbocycles. The molecule has 1 amide bonds. The number of carbonyl (C=O) groups is 1. The van der Waals surface area contributed by atoms with Crippen molar-refractivity contribution in [3.05, 3.63) is 0 Å². The van der Waals surface area contributed by atoms with E-state index in [-0.39, 0.29) is 6.04 Å². The van der Waals surface area contributed by atoms with E-state index in [4.69, 9.17) is 0 Å². The number of carbonyl (C=O) groups excluding carboxylic acids is 1. The van der Waals surface area contributed by atoms with Crippen molar-refractivity contribution in [2.24, 2.45) is 11.8 Å². The van der Waals surface area contributed by atoms with Crippen LogP contribution in [0.25, 0.3) is 0 Å². The van der Waals surface area contributed by atoms with Crippen molar-refractivity contribution in [1.29, 1.82) is 0 Å². The molecule has 15 heavy (non-hydrogen) atoms. The maximum Gasteiger partial charge on any atom is 0.240 e. The lowest BCUT2D eigenvalue weighted by molar-refractivity contribution is -0.131. The molecule has 1 N–H and O–H groups in total. The van der Waals surface area contributed by atoms with Crippen LogP contribution in [0.1, 0.15) is 19.3 Å². The number of thioether (sulfide) groups is 1. The predicted molar refractivity (Wildman–Crippen MR) is 61.7 cm³/mol. The van der Waals surface area contributed by atoms with E-state index in [0.29, 0.717) is 5.91 Å². The van der Waals surface area contributed by atoms with Gasteiger partial charge in [0, 0.05) is 24.7 Å². The van der Waals surface area contributed by atoms with Crippen LogP contribution in [0.2, 0.25) is 0 Å². The Bertz CT molecular complexity index is 253. The number of nitrogens with zero attached hydrogens (tertiary/aromatic N) is 1. The summed E-state index contributed by atoms with van der Waals surface area (Å²) in [7, 11) is 0. The molecular weight excluding hydrogens is 208 g/mol. The molecule has 0 aromatic heterocycles. The van der Waals surface area contributed by atoms with Crippen LogP contribution in [0.5, 0.6) is 0 Å². The second-order valence-corrected chi connectivity index (χ2v) is 6.00. The first-order valence-corrected chi connectivity index (χ1v) is 7.10. The Balaban J connectivity index is 1.61. The number of hydrogen-bond acceptors (Lipinski definition) is 3. The van der Waals surface area contributed by atoms with Crippen molar-refractivity contribution >= 4 is 17.7 Å². The molecule has 3 rings (SSSR count). The van der Waals surface area contributed by atoms with Gasteiger partial charge in [0.1, 0.15) is 0 Å². The lowest BCUT2D eigenvalue weighted by Crippen LogP contribution is -2.44. The topological polar surface area (TPSA) is 32.3 Å². The first kappa shape index (κ1) is 9.97. The van der Waals surface area contributed by atoms with Gasteiger partial charge in [0.15, 0.2) is 0 Å². The number of fused-ring (bicyclic) bond motifs is 1. The van der Waals surface area contributed by atoms with Gasteiger partial charge in [-0.15, -0.1) is 11.8 Å². The van der Waals surface area contributed by atoms with Crippen LogP contribution in [0, 0.1) is 11.8 Å². The standard InChI is InChI=1S/C11H18N2OS/c14-11(10-6-15-7-12-10)13-4-8-2-1-3-9(8)5-13/h8-10,12H,1-7H2. The van der Waals surface area contributed by atoms with Gasteiger partial charge in [-0.2, -0.15) is 0 Å². The quantitative estimate of drug-likeness (QED) is 0.721. The minimum Gasteiger partial charge on any atom is -0.341 e. The highest BCUT2D eigenvalue weighted by molar-refractivity contribution is 7.99. The number of rotatable bonds is 1. The number of nitrogens with one attached hydrogen (secondary N) is 1. The van der Waals surface area contributed by atoms with Crippen molar-refractivity contribution in [3.8, 4) is 0 Å². The van der Waals surface area contributed by atoms with Gasteiger partial charge in [-0.05, 0) is 24.7 Å². The van der Waals surface area contributed by atoms with Gasteiger partial charge >= 0.3 is 0 Å². The molecule has 0 aromatic rings. The third-order valence-corrected chi connectivity index (χ3v) is 4.99. The average Bonchev–Trinajstić information content (AvgIpc) is 2.92. The molecule has 84 valence electrons. The fraction of sp³-hybridized carbons (Fsp3) is 0.909. The summed E-state index contributed by atoms with van der Waals surface area (Å²) >= 11 is 1.83. The largest absolute Gasteiger partial charge is 0.341 e. The Labute approximate surface area is 95.0 Å². The first-order chi connectivity index (χ1) is 7.34. The Kier molecular flexibility index (Phi) is 2.64. The highest BCUT2D eigenvalue weighted by atomic mass is 32.2. The van der Waals surface area contributed by atoms with Crippen molar-refractivity contribution in [1.82, 2.24) is 10.2 Å². The predicted octanol–water partition coefficient (Wildman–Crippen LogP) is 0.907. The molecule has 0 bridgehead atoms. The Morgan fingerprint density at radius 3 is 2.60 bits per heavy atom. The van der Waals surface area contributed by atoms with Crippen molar-refractivity contribution in [2.75, 3.05) is 24.7 Å². The Morgan fingerprint density at radius 1 is 1.27 bits per heavy atom. The molecule has 0 spiro atoms. The number of likely N-dealkylation sites (tertiary alicyclic amines) is 1. The molecule has 1 aliphatic carbocycles. The summed E-state index contributed by atoms with van der Waals surface area (Å²) in [5.74, 6) is 3.90. The maximum absolute atomic E-state index is 12.1. The monoisotopic (exact) mass is 226 g/mol. The van der Waals surface area contributed by atoms with Crippen molar-refractivity contribution in [2.45, 2.75) is 25.3 Å². The van der Waals surface area contributed by atoms with Gasteiger partial charge in [0.2, 0.25) is 5.91 Å².